The minimum atomic E-state index is -0.399. The first-order valence-electron chi connectivity index (χ1n) is 43.9. The lowest BCUT2D eigenvalue weighted by atomic mass is 9.62. The monoisotopic (exact) mass is 1440 g/mol. The Kier molecular flexibility index (Phi) is 41.9. The minimum Gasteiger partial charge on any atom is -0.393 e. The van der Waals surface area contributed by atoms with Gasteiger partial charge in [0.25, 0.3) is 0 Å². The molecule has 0 aromatic heterocycles. The number of hydrogen-bond donors (Lipinski definition) is 7. The molecular formula is C93H190N4O5. The van der Waals surface area contributed by atoms with E-state index in [1.54, 1.807) is 0 Å². The van der Waals surface area contributed by atoms with Crippen molar-refractivity contribution in [3.05, 3.63) is 0 Å². The van der Waals surface area contributed by atoms with Crippen LogP contribution in [0.15, 0.2) is 0 Å². The molecule has 0 radical (unpaired) electrons. The summed E-state index contributed by atoms with van der Waals surface area (Å²) in [5, 5.41) is 48.7. The van der Waals surface area contributed by atoms with E-state index in [1.165, 1.54) is 45.2 Å². The van der Waals surface area contributed by atoms with Crippen LogP contribution in [0.25, 0.3) is 0 Å². The SMILES string of the molecule is CC(C)C1C(N)C1C(C)C.CC(C)C1C(O)C1C(C)C.CC(C)C1CC(C(C)C)C1.CC(C)C1CC(C(C)C)C1O.CC(C)C1CC(O)(C(C)C)C1.CC(C)C1CC1(N)C(C)C.CC(C)C1CC1(O)C(C)C.CC(C)C1CC1C(C)C.CC(C)C1CN(C(C)C)C1.CC(C)N1CC(O)(C(C)C)C1. The highest BCUT2D eigenvalue weighted by Gasteiger charge is 2.57. The topological polar surface area (TPSA) is 160 Å². The van der Waals surface area contributed by atoms with Gasteiger partial charge >= 0.3 is 0 Å². The van der Waals surface area contributed by atoms with E-state index < -0.39 is 5.60 Å². The van der Waals surface area contributed by atoms with E-state index in [9.17, 15) is 25.5 Å². The smallest absolute Gasteiger partial charge is 0.0923 e. The van der Waals surface area contributed by atoms with Crippen LogP contribution in [0.3, 0.4) is 0 Å². The molecule has 612 valence electrons. The number of hydrogen-bond acceptors (Lipinski definition) is 9. The van der Waals surface area contributed by atoms with Crippen molar-refractivity contribution in [3.63, 3.8) is 0 Å². The van der Waals surface area contributed by atoms with Gasteiger partial charge in [-0.3, -0.25) is 4.90 Å². The van der Waals surface area contributed by atoms with Gasteiger partial charge in [-0.25, -0.2) is 0 Å². The average molecular weight is 1440 g/mol. The standard InChI is InChI=1S/2C10H20O.C10H20.C9H19NO.3C9H19N.2C9H18O.C9H18/c1-7(2)9-5-10(11,6-9)8(3)4;1-6(2)8-5-9(7(3)4)10(8)11;1-7(2)9-5-10(6-9)8(3)4;1-7(2)9(11)5-10(6-9)8(3)4;1-7(2)9-5-10(6-9)8(3)4;1-6(2)8-5-9(8,10)7(3)4;1-5(2)7-8(6(3)4)9(7)10;1-6(2)8-5-9(8,10)7(3)4;1-5(2)7-8(6(3)4)9(7)10;1-6(2)8-5-9(8)7(3)4/h7-9,11H,5-6H2,1-4H3;6-11H,5H2,1-4H3;7-10H,5-6H2,1-4H3;7-8,11H,5-6H2,1-4H3;7-9H,5-6H2,1-4H3;6-8H,5,10H2,1-4H3;5-9H,10H2,1-4H3;6-8,10H,5H2,1-4H3;5-10H,1-4H3;6-9H,5H2,1-4H3. The average Bonchev–Trinajstić information content (AvgIpc) is 1.46. The normalized spacial score (nSPS) is 34.6. The molecule has 12 unspecified atom stereocenters. The molecule has 0 bridgehead atoms. The summed E-state index contributed by atoms with van der Waals surface area (Å²) in [5.41, 5.74) is 11.2. The molecule has 102 heavy (non-hydrogen) atoms. The van der Waals surface area contributed by atoms with Crippen molar-refractivity contribution >= 4 is 0 Å². The number of nitrogens with two attached hydrogens (primary N) is 2. The van der Waals surface area contributed by atoms with Crippen LogP contribution in [0.5, 0.6) is 0 Å². The van der Waals surface area contributed by atoms with E-state index in [-0.39, 0.29) is 28.9 Å². The van der Waals surface area contributed by atoms with Gasteiger partial charge in [0.1, 0.15) is 0 Å². The first-order chi connectivity index (χ1) is 46.4. The van der Waals surface area contributed by atoms with E-state index in [2.05, 4.69) is 287 Å². The Hall–Kier alpha value is -0.360. The third kappa shape index (κ3) is 30.0. The van der Waals surface area contributed by atoms with Crippen LogP contribution in [0.2, 0.25) is 0 Å². The summed E-state index contributed by atoms with van der Waals surface area (Å²) >= 11 is 0. The fourth-order valence-electron chi connectivity index (χ4n) is 18.0. The van der Waals surface area contributed by atoms with E-state index in [1.807, 2.05) is 0 Å². The van der Waals surface area contributed by atoms with Crippen molar-refractivity contribution in [2.75, 3.05) is 26.2 Å². The molecule has 9 heteroatoms. The second-order valence-corrected chi connectivity index (χ2v) is 42.9. The van der Waals surface area contributed by atoms with Gasteiger partial charge in [0.05, 0.1) is 29.0 Å². The Morgan fingerprint density at radius 3 is 0.794 bits per heavy atom. The van der Waals surface area contributed by atoms with E-state index >= 15 is 0 Å². The van der Waals surface area contributed by atoms with Crippen molar-refractivity contribution in [3.8, 4) is 0 Å². The van der Waals surface area contributed by atoms with Crippen LogP contribution in [0, 0.1) is 189 Å². The summed E-state index contributed by atoms with van der Waals surface area (Å²) in [4.78, 5) is 4.82. The molecular weight excluding hydrogens is 1250 g/mol. The molecule has 0 amide bonds. The number of likely N-dealkylation sites (tertiary alicyclic amines) is 2. The lowest BCUT2D eigenvalue weighted by molar-refractivity contribution is -0.138. The minimum absolute atomic E-state index is 0.000000000000000222. The van der Waals surface area contributed by atoms with Gasteiger partial charge in [-0.15, -0.1) is 0 Å². The molecule has 0 aromatic carbocycles. The highest BCUT2D eigenvalue weighted by atomic mass is 16.3. The van der Waals surface area contributed by atoms with Crippen LogP contribution >= 0.6 is 0 Å². The molecule has 8 saturated carbocycles. The van der Waals surface area contributed by atoms with Gasteiger partial charge in [0.15, 0.2) is 0 Å². The summed E-state index contributed by atoms with van der Waals surface area (Å²) < 4.78 is 0. The molecule has 0 spiro atoms. The fraction of sp³-hybridized carbons (Fsp3) is 1.00. The Labute approximate surface area is 639 Å². The van der Waals surface area contributed by atoms with Gasteiger partial charge in [-0.05, 0) is 268 Å². The van der Waals surface area contributed by atoms with Crippen LogP contribution in [-0.2, 0) is 0 Å². The van der Waals surface area contributed by atoms with Crippen molar-refractivity contribution in [1.82, 2.24) is 9.80 Å². The van der Waals surface area contributed by atoms with Gasteiger partial charge in [-0.1, -0.05) is 249 Å². The molecule has 12 atom stereocenters. The maximum absolute atomic E-state index is 9.91. The largest absolute Gasteiger partial charge is 0.393 e. The first kappa shape index (κ1) is 99.6. The van der Waals surface area contributed by atoms with Gasteiger partial charge in [0, 0.05) is 49.8 Å². The third-order valence-electron chi connectivity index (χ3n) is 28.6. The molecule has 9 nitrogen and oxygen atoms in total. The van der Waals surface area contributed by atoms with Crippen molar-refractivity contribution in [1.29, 1.82) is 0 Å². The summed E-state index contributed by atoms with van der Waals surface area (Å²) in [6.07, 6.45) is 9.99. The summed E-state index contributed by atoms with van der Waals surface area (Å²) in [7, 11) is 0. The first-order valence-corrected chi connectivity index (χ1v) is 43.9. The molecule has 2 aliphatic heterocycles. The van der Waals surface area contributed by atoms with Crippen molar-refractivity contribution < 1.29 is 25.5 Å². The molecule has 10 rings (SSSR count). The maximum atomic E-state index is 9.91. The lowest BCUT2D eigenvalue weighted by Gasteiger charge is -2.51. The number of β-amino-alcohol motifs (C(OH)–C–C–N with tert-alkyl or cyclic N) is 1. The molecule has 8 aliphatic carbocycles. The second-order valence-electron chi connectivity index (χ2n) is 42.9. The molecule has 10 aliphatic rings. The van der Waals surface area contributed by atoms with Crippen LogP contribution < -0.4 is 11.5 Å². The third-order valence-corrected chi connectivity index (χ3v) is 28.6. The van der Waals surface area contributed by atoms with Crippen LogP contribution in [-0.4, -0.2) is 114 Å². The predicted molar refractivity (Wildman–Crippen MR) is 448 cm³/mol. The second kappa shape index (κ2) is 42.9. The van der Waals surface area contributed by atoms with Gasteiger partial charge < -0.3 is 41.9 Å². The Morgan fingerprint density at radius 1 is 0.294 bits per heavy atom. The maximum Gasteiger partial charge on any atom is 0.0923 e. The van der Waals surface area contributed by atoms with Crippen molar-refractivity contribution in [2.24, 2.45) is 201 Å². The number of aliphatic hydroxyl groups is 5. The molecule has 9 N–H and O–H groups in total. The highest BCUT2D eigenvalue weighted by Crippen LogP contribution is 2.54. The molecule has 2 heterocycles. The quantitative estimate of drug-likeness (QED) is 0.0630. The van der Waals surface area contributed by atoms with Crippen LogP contribution in [0.1, 0.15) is 328 Å². The van der Waals surface area contributed by atoms with E-state index in [4.69, 9.17) is 11.5 Å². The number of rotatable bonds is 20. The molecule has 10 fully saturated rings. The van der Waals surface area contributed by atoms with E-state index in [0.717, 1.165) is 145 Å². The summed E-state index contributed by atoms with van der Waals surface area (Å²) in [5.74, 6) is 24.1. The van der Waals surface area contributed by atoms with Crippen LogP contribution in [0.4, 0.5) is 0 Å². The van der Waals surface area contributed by atoms with Crippen molar-refractivity contribution in [2.45, 2.75) is 381 Å². The Bertz CT molecular complexity index is 1990. The van der Waals surface area contributed by atoms with Gasteiger partial charge in [0.2, 0.25) is 0 Å². The Morgan fingerprint density at radius 2 is 0.618 bits per heavy atom. The number of nitrogens with zero attached hydrogens (tertiary/aromatic N) is 2. The van der Waals surface area contributed by atoms with E-state index in [0.29, 0.717) is 94.9 Å². The fourth-order valence-corrected chi connectivity index (χ4v) is 18.0. The number of aliphatic hydroxyl groups excluding tert-OH is 2. The lowest BCUT2D eigenvalue weighted by Crippen LogP contribution is -2.66. The Balaban J connectivity index is 0.000000567. The molecule has 2 saturated heterocycles. The predicted octanol–water partition coefficient (Wildman–Crippen LogP) is 21.9. The zero-order valence-corrected chi connectivity index (χ0v) is 76.1. The zero-order valence-electron chi connectivity index (χ0n) is 76.1. The summed E-state index contributed by atoms with van der Waals surface area (Å²) in [6, 6.07) is 1.84. The summed E-state index contributed by atoms with van der Waals surface area (Å²) in [6.45, 7) is 93.7. The highest BCUT2D eigenvalue weighted by molar-refractivity contribution is 5.11. The zero-order chi connectivity index (χ0) is 80.0. The van der Waals surface area contributed by atoms with Gasteiger partial charge in [-0.2, -0.15) is 0 Å². The molecule has 0 aromatic rings.